The van der Waals surface area contributed by atoms with E-state index in [0.717, 1.165) is 10.2 Å². The van der Waals surface area contributed by atoms with Gasteiger partial charge in [0.05, 0.1) is 11.6 Å². The van der Waals surface area contributed by atoms with Gasteiger partial charge in [0, 0.05) is 37.4 Å². The van der Waals surface area contributed by atoms with Gasteiger partial charge in [-0.15, -0.1) is 0 Å². The minimum Gasteiger partial charge on any atom is -0.383 e. The monoisotopic (exact) mass is 526 g/mol. The van der Waals surface area contributed by atoms with Crippen LogP contribution in [0.1, 0.15) is 59.3 Å². The maximum absolute atomic E-state index is 15.6. The fourth-order valence-electron chi connectivity index (χ4n) is 5.52. The molecule has 37 heavy (non-hydrogen) atoms. The molecule has 0 saturated carbocycles. The molecule has 0 unspecified atom stereocenters. The van der Waals surface area contributed by atoms with Crippen molar-refractivity contribution in [2.75, 3.05) is 18.9 Å². The van der Waals surface area contributed by atoms with E-state index in [4.69, 9.17) is 10.5 Å². The molecule has 2 atom stereocenters. The van der Waals surface area contributed by atoms with Crippen molar-refractivity contribution in [2.24, 2.45) is 0 Å². The van der Waals surface area contributed by atoms with E-state index in [1.165, 1.54) is 22.6 Å². The average molecular weight is 527 g/mol. The number of aromatic nitrogens is 2. The highest BCUT2D eigenvalue weighted by Crippen LogP contribution is 2.40. The van der Waals surface area contributed by atoms with E-state index >= 15 is 4.39 Å². The molecule has 0 radical (unpaired) electrons. The van der Waals surface area contributed by atoms with Crippen LogP contribution in [0.5, 0.6) is 0 Å². The number of carbonyl (C=O) groups is 1. The van der Waals surface area contributed by atoms with Crippen LogP contribution in [-0.2, 0) is 26.7 Å². The summed E-state index contributed by atoms with van der Waals surface area (Å²) in [6.07, 6.45) is 3.38. The summed E-state index contributed by atoms with van der Waals surface area (Å²) >= 11 is 0. The topological polar surface area (TPSA) is 108 Å². The van der Waals surface area contributed by atoms with Crippen molar-refractivity contribution in [3.63, 3.8) is 0 Å². The molecule has 8 nitrogen and oxygen atoms in total. The lowest BCUT2D eigenvalue weighted by Crippen LogP contribution is -2.45. The van der Waals surface area contributed by atoms with Gasteiger partial charge in [-0.3, -0.25) is 4.79 Å². The summed E-state index contributed by atoms with van der Waals surface area (Å²) in [5.74, 6) is -0.664. The third-order valence-corrected chi connectivity index (χ3v) is 10.1. The van der Waals surface area contributed by atoms with Crippen LogP contribution in [0.25, 0.3) is 0 Å². The highest BCUT2D eigenvalue weighted by Gasteiger charge is 2.44. The van der Waals surface area contributed by atoms with E-state index in [2.05, 4.69) is 5.10 Å². The number of nitrogen functional groups attached to an aromatic ring is 1. The minimum absolute atomic E-state index is 0.0743. The van der Waals surface area contributed by atoms with Crippen LogP contribution in [0, 0.1) is 5.82 Å². The second kappa shape index (κ2) is 10.00. The van der Waals surface area contributed by atoms with Gasteiger partial charge in [0.25, 0.3) is 5.91 Å². The molecule has 0 amide bonds. The molecule has 0 bridgehead atoms. The molecule has 0 aliphatic carbocycles. The zero-order valence-corrected chi connectivity index (χ0v) is 21.5. The second-order valence-electron chi connectivity index (χ2n) is 9.89. The number of benzene rings is 2. The van der Waals surface area contributed by atoms with Crippen LogP contribution in [-0.4, -0.2) is 47.7 Å². The Balaban J connectivity index is 1.46. The summed E-state index contributed by atoms with van der Waals surface area (Å²) in [5.41, 5.74) is 6.42. The third kappa shape index (κ3) is 4.58. The van der Waals surface area contributed by atoms with E-state index in [-0.39, 0.29) is 29.9 Å². The molecule has 2 aromatic carbocycles. The Morgan fingerprint density at radius 1 is 1.14 bits per heavy atom. The quantitative estimate of drug-likeness (QED) is 0.538. The van der Waals surface area contributed by atoms with Crippen molar-refractivity contribution < 1.29 is 22.3 Å². The van der Waals surface area contributed by atoms with Crippen molar-refractivity contribution in [3.8, 4) is 0 Å². The summed E-state index contributed by atoms with van der Waals surface area (Å²) in [5, 5.41) is 3.41. The van der Waals surface area contributed by atoms with Crippen LogP contribution < -0.4 is 5.73 Å². The van der Waals surface area contributed by atoms with Gasteiger partial charge in [0.1, 0.15) is 16.9 Å². The van der Waals surface area contributed by atoms with Gasteiger partial charge in [-0.05, 0) is 49.8 Å². The number of rotatable bonds is 5. The second-order valence-corrected chi connectivity index (χ2v) is 12.0. The average Bonchev–Trinajstić information content (AvgIpc) is 3.33. The Morgan fingerprint density at radius 3 is 2.51 bits per heavy atom. The zero-order valence-electron chi connectivity index (χ0n) is 20.7. The highest BCUT2D eigenvalue weighted by atomic mass is 32.2. The number of carbonyl (C=O) groups excluding carboxylic acids is 1. The normalized spacial score (nSPS) is 23.5. The Bertz CT molecular complexity index is 1390. The van der Waals surface area contributed by atoms with Crippen LogP contribution in [0.2, 0.25) is 0 Å². The predicted molar refractivity (Wildman–Crippen MR) is 138 cm³/mol. The Morgan fingerprint density at radius 2 is 1.86 bits per heavy atom. The van der Waals surface area contributed by atoms with Crippen LogP contribution in [0.4, 0.5) is 10.2 Å². The fraction of sp³-hybridized carbons (Fsp3) is 0.407. The fourth-order valence-corrected chi connectivity index (χ4v) is 7.71. The highest BCUT2D eigenvalue weighted by molar-refractivity contribution is 7.89. The number of nitrogens with two attached hydrogens (primary N) is 1. The molecule has 2 aliphatic rings. The first-order valence-electron chi connectivity index (χ1n) is 12.5. The number of hydrogen-bond acceptors (Lipinski definition) is 6. The molecule has 1 aromatic heterocycles. The van der Waals surface area contributed by atoms with Crippen molar-refractivity contribution in [2.45, 2.75) is 55.9 Å². The van der Waals surface area contributed by atoms with Gasteiger partial charge < -0.3 is 10.5 Å². The Labute approximate surface area is 216 Å². The van der Waals surface area contributed by atoms with Gasteiger partial charge >= 0.3 is 0 Å². The van der Waals surface area contributed by atoms with Crippen LogP contribution in [0.3, 0.4) is 0 Å². The first-order valence-corrected chi connectivity index (χ1v) is 14.0. The van der Waals surface area contributed by atoms with Gasteiger partial charge in [-0.2, -0.15) is 14.1 Å². The van der Waals surface area contributed by atoms with Crippen LogP contribution in [0.15, 0.2) is 60.8 Å². The van der Waals surface area contributed by atoms with Gasteiger partial charge in [-0.1, -0.05) is 42.5 Å². The van der Waals surface area contributed by atoms with E-state index in [1.807, 2.05) is 37.3 Å². The minimum atomic E-state index is -3.70. The molecule has 2 fully saturated rings. The van der Waals surface area contributed by atoms with Crippen molar-refractivity contribution in [1.29, 1.82) is 0 Å². The molecule has 10 heteroatoms. The molecule has 2 saturated heterocycles. The maximum atomic E-state index is 15.6. The summed E-state index contributed by atoms with van der Waals surface area (Å²) in [6, 6.07) is 15.1. The number of anilines is 1. The number of sulfonamides is 1. The summed E-state index contributed by atoms with van der Waals surface area (Å²) in [7, 11) is -3.70. The van der Waals surface area contributed by atoms with Crippen molar-refractivity contribution in [3.05, 3.63) is 83.3 Å². The van der Waals surface area contributed by atoms with Gasteiger partial charge in [0.15, 0.2) is 0 Å². The number of hydrogen-bond donors (Lipinski definition) is 1. The molecule has 2 aliphatic heterocycles. The summed E-state index contributed by atoms with van der Waals surface area (Å²) < 4.78 is 50.8. The summed E-state index contributed by atoms with van der Waals surface area (Å²) in [4.78, 5) is 13.6. The molecule has 3 heterocycles. The lowest BCUT2D eigenvalue weighted by Gasteiger charge is -2.38. The lowest BCUT2D eigenvalue weighted by molar-refractivity contribution is 0.0356. The SMILES string of the molecule is C[C@H]1CC[C@H](c2ccccc2)S(=O)(=O)N1Cc1ccc(C2(C(=O)n3nccc3N)CCOCC2)cc1F. The Kier molecular flexibility index (Phi) is 6.91. The van der Waals surface area contributed by atoms with E-state index in [9.17, 15) is 13.2 Å². The van der Waals surface area contributed by atoms with Crippen LogP contribution >= 0.6 is 0 Å². The first kappa shape index (κ1) is 25.6. The van der Waals surface area contributed by atoms with E-state index in [0.29, 0.717) is 44.5 Å². The molecule has 2 N–H and O–H groups in total. The van der Waals surface area contributed by atoms with Gasteiger partial charge in [-0.25, -0.2) is 12.8 Å². The van der Waals surface area contributed by atoms with Crippen molar-refractivity contribution in [1.82, 2.24) is 14.1 Å². The standard InChI is InChI=1S/C27H31FN4O4S/c1-19-7-10-24(20-5-3-2-4-6-20)37(34,35)31(19)18-21-8-9-22(17-23(21)28)27(12-15-36-16-13-27)26(33)32-25(29)11-14-30-32/h2-6,8-9,11,14,17,19,24H,7,10,12-13,15-16,18,29H2,1H3/t19-,24+/m0/s1. The molecule has 196 valence electrons. The number of halogens is 1. The number of ether oxygens (including phenoxy) is 1. The summed E-state index contributed by atoms with van der Waals surface area (Å²) in [6.45, 7) is 2.48. The zero-order chi connectivity index (χ0) is 26.2. The number of nitrogens with zero attached hydrogens (tertiary/aromatic N) is 3. The van der Waals surface area contributed by atoms with Gasteiger partial charge in [0.2, 0.25) is 10.0 Å². The van der Waals surface area contributed by atoms with E-state index < -0.39 is 26.5 Å². The molecule has 0 spiro atoms. The molecular formula is C27H31FN4O4S. The smallest absolute Gasteiger partial charge is 0.259 e. The van der Waals surface area contributed by atoms with Crippen molar-refractivity contribution >= 4 is 21.7 Å². The Hall–Kier alpha value is -3.08. The first-order chi connectivity index (χ1) is 17.7. The molecule has 5 rings (SSSR count). The molecular weight excluding hydrogens is 495 g/mol. The molecule has 3 aromatic rings. The third-order valence-electron chi connectivity index (χ3n) is 7.75. The largest absolute Gasteiger partial charge is 0.383 e. The lowest BCUT2D eigenvalue weighted by atomic mass is 9.73. The predicted octanol–water partition coefficient (Wildman–Crippen LogP) is 4.05. The van der Waals surface area contributed by atoms with E-state index in [1.54, 1.807) is 12.1 Å². The maximum Gasteiger partial charge on any atom is 0.259 e.